The molecule has 3 heteroatoms. The number of fused-ring (bicyclic) bond motifs is 1. The predicted molar refractivity (Wildman–Crippen MR) is 39.8 cm³/mol. The molecule has 0 saturated carbocycles. The van der Waals surface area contributed by atoms with Crippen LogP contribution in [-0.4, -0.2) is 15.8 Å². The number of allylic oxidation sites excluding steroid dienone is 1. The molecule has 2 rings (SSSR count). The highest BCUT2D eigenvalue weighted by molar-refractivity contribution is 5.97. The number of carbonyl (C=O) groups is 1. The fourth-order valence-corrected chi connectivity index (χ4v) is 1.05. The molecule has 1 aromatic rings. The molecule has 1 heterocycles. The number of carbonyl (C=O) groups excluding carboxylic acids is 1. The van der Waals surface area contributed by atoms with E-state index in [0.29, 0.717) is 6.42 Å². The van der Waals surface area contributed by atoms with Gasteiger partial charge in [-0.25, -0.2) is 0 Å². The van der Waals surface area contributed by atoms with Crippen LogP contribution < -0.4 is 0 Å². The zero-order chi connectivity index (χ0) is 7.68. The molecule has 0 aromatic carbocycles. The lowest BCUT2D eigenvalue weighted by molar-refractivity contribution is -0.114. The molecule has 0 atom stereocenters. The molecule has 54 valence electrons. The SMILES string of the molecule is O=C1C=Cc2nccnc2C1. The topological polar surface area (TPSA) is 42.9 Å². The van der Waals surface area contributed by atoms with Gasteiger partial charge in [0, 0.05) is 12.4 Å². The number of hydrogen-bond donors (Lipinski definition) is 0. The third-order valence-corrected chi connectivity index (χ3v) is 1.58. The molecule has 0 unspecified atom stereocenters. The molecule has 0 bridgehead atoms. The average molecular weight is 146 g/mol. The molecule has 11 heavy (non-hydrogen) atoms. The van der Waals surface area contributed by atoms with Crippen LogP contribution >= 0.6 is 0 Å². The van der Waals surface area contributed by atoms with Gasteiger partial charge in [0.15, 0.2) is 5.78 Å². The molecule has 0 fully saturated rings. The Kier molecular flexibility index (Phi) is 1.28. The molecular weight excluding hydrogens is 140 g/mol. The average Bonchev–Trinajstić information content (AvgIpc) is 2.04. The third kappa shape index (κ3) is 1.05. The summed E-state index contributed by atoms with van der Waals surface area (Å²) >= 11 is 0. The van der Waals surface area contributed by atoms with E-state index in [9.17, 15) is 4.79 Å². The van der Waals surface area contributed by atoms with Crippen molar-refractivity contribution in [3.8, 4) is 0 Å². The van der Waals surface area contributed by atoms with Crippen molar-refractivity contribution in [2.45, 2.75) is 6.42 Å². The molecule has 0 amide bonds. The van der Waals surface area contributed by atoms with E-state index in [0.717, 1.165) is 11.4 Å². The minimum atomic E-state index is 0.0954. The molecular formula is C8H6N2O. The maximum atomic E-state index is 10.9. The van der Waals surface area contributed by atoms with Gasteiger partial charge in [0.2, 0.25) is 0 Å². The molecule has 0 N–H and O–H groups in total. The summed E-state index contributed by atoms with van der Waals surface area (Å²) in [7, 11) is 0. The minimum Gasteiger partial charge on any atom is -0.294 e. The Morgan fingerprint density at radius 2 is 2.00 bits per heavy atom. The summed E-state index contributed by atoms with van der Waals surface area (Å²) < 4.78 is 0. The molecule has 0 spiro atoms. The van der Waals surface area contributed by atoms with E-state index in [2.05, 4.69) is 9.97 Å². The predicted octanol–water partition coefficient (Wildman–Crippen LogP) is 0.615. The van der Waals surface area contributed by atoms with Crippen molar-refractivity contribution in [1.29, 1.82) is 0 Å². The van der Waals surface area contributed by atoms with Crippen molar-refractivity contribution >= 4 is 11.9 Å². The molecule has 1 aliphatic rings. The fraction of sp³-hybridized carbons (Fsp3) is 0.125. The first-order valence-electron chi connectivity index (χ1n) is 3.37. The van der Waals surface area contributed by atoms with Gasteiger partial charge in [-0.3, -0.25) is 14.8 Å². The Hall–Kier alpha value is -1.51. The van der Waals surface area contributed by atoms with Crippen LogP contribution in [0.15, 0.2) is 18.5 Å². The first-order chi connectivity index (χ1) is 5.36. The largest absolute Gasteiger partial charge is 0.294 e. The standard InChI is InChI=1S/C8H6N2O/c11-6-1-2-7-8(5-6)10-4-3-9-7/h1-4H,5H2. The van der Waals surface area contributed by atoms with Crippen LogP contribution in [0.2, 0.25) is 0 Å². The summed E-state index contributed by atoms with van der Waals surface area (Å²) in [5, 5.41) is 0. The van der Waals surface area contributed by atoms with Crippen molar-refractivity contribution in [3.63, 3.8) is 0 Å². The van der Waals surface area contributed by atoms with Crippen molar-refractivity contribution in [3.05, 3.63) is 29.9 Å². The Morgan fingerprint density at radius 1 is 1.18 bits per heavy atom. The normalized spacial score (nSPS) is 14.7. The van der Waals surface area contributed by atoms with Crippen LogP contribution in [0, 0.1) is 0 Å². The molecule has 3 nitrogen and oxygen atoms in total. The van der Waals surface area contributed by atoms with Crippen LogP contribution in [0.25, 0.3) is 6.08 Å². The van der Waals surface area contributed by atoms with Crippen LogP contribution in [0.5, 0.6) is 0 Å². The number of nitrogens with zero attached hydrogens (tertiary/aromatic N) is 2. The van der Waals surface area contributed by atoms with E-state index in [1.165, 1.54) is 6.08 Å². The fourth-order valence-electron chi connectivity index (χ4n) is 1.05. The molecule has 1 aromatic heterocycles. The van der Waals surface area contributed by atoms with Crippen LogP contribution in [0.4, 0.5) is 0 Å². The summed E-state index contributed by atoms with van der Waals surface area (Å²) in [5.41, 5.74) is 1.59. The van der Waals surface area contributed by atoms with E-state index in [1.807, 2.05) is 0 Å². The number of aromatic nitrogens is 2. The molecule has 0 saturated heterocycles. The van der Waals surface area contributed by atoms with Gasteiger partial charge in [0.25, 0.3) is 0 Å². The van der Waals surface area contributed by atoms with Crippen molar-refractivity contribution in [1.82, 2.24) is 9.97 Å². The summed E-state index contributed by atoms with van der Waals surface area (Å²) in [6.45, 7) is 0. The summed E-state index contributed by atoms with van der Waals surface area (Å²) in [6.07, 6.45) is 6.86. The van der Waals surface area contributed by atoms with Crippen LogP contribution in [0.1, 0.15) is 11.4 Å². The van der Waals surface area contributed by atoms with Gasteiger partial charge in [0.05, 0.1) is 17.8 Å². The van der Waals surface area contributed by atoms with Gasteiger partial charge in [0.1, 0.15) is 0 Å². The van der Waals surface area contributed by atoms with Crippen LogP contribution in [-0.2, 0) is 11.2 Å². The van der Waals surface area contributed by atoms with E-state index < -0.39 is 0 Å². The lowest BCUT2D eigenvalue weighted by Crippen LogP contribution is -2.08. The van der Waals surface area contributed by atoms with Gasteiger partial charge < -0.3 is 0 Å². The lowest BCUT2D eigenvalue weighted by atomic mass is 10.1. The van der Waals surface area contributed by atoms with E-state index in [-0.39, 0.29) is 5.78 Å². The second-order valence-corrected chi connectivity index (χ2v) is 2.36. The van der Waals surface area contributed by atoms with Gasteiger partial charge in [-0.05, 0) is 12.2 Å². The van der Waals surface area contributed by atoms with Crippen molar-refractivity contribution < 1.29 is 4.79 Å². The Morgan fingerprint density at radius 3 is 2.91 bits per heavy atom. The smallest absolute Gasteiger partial charge is 0.161 e. The third-order valence-electron chi connectivity index (χ3n) is 1.58. The van der Waals surface area contributed by atoms with Gasteiger partial charge in [-0.1, -0.05) is 0 Å². The Labute approximate surface area is 63.8 Å². The summed E-state index contributed by atoms with van der Waals surface area (Å²) in [4.78, 5) is 19.0. The summed E-state index contributed by atoms with van der Waals surface area (Å²) in [6, 6.07) is 0. The first kappa shape index (κ1) is 6.22. The highest BCUT2D eigenvalue weighted by Gasteiger charge is 2.10. The molecule has 1 aliphatic carbocycles. The quantitative estimate of drug-likeness (QED) is 0.538. The lowest BCUT2D eigenvalue weighted by Gasteiger charge is -2.04. The highest BCUT2D eigenvalue weighted by Crippen LogP contribution is 2.10. The van der Waals surface area contributed by atoms with Crippen molar-refractivity contribution in [2.24, 2.45) is 0 Å². The van der Waals surface area contributed by atoms with E-state index in [4.69, 9.17) is 0 Å². The zero-order valence-electron chi connectivity index (χ0n) is 5.82. The second-order valence-electron chi connectivity index (χ2n) is 2.36. The van der Waals surface area contributed by atoms with Crippen molar-refractivity contribution in [2.75, 3.05) is 0 Å². The number of hydrogen-bond acceptors (Lipinski definition) is 3. The number of rotatable bonds is 0. The van der Waals surface area contributed by atoms with E-state index >= 15 is 0 Å². The molecule has 0 radical (unpaired) electrons. The van der Waals surface area contributed by atoms with E-state index in [1.54, 1.807) is 18.5 Å². The minimum absolute atomic E-state index is 0.0954. The van der Waals surface area contributed by atoms with Gasteiger partial charge >= 0.3 is 0 Å². The Bertz CT molecular complexity index is 331. The monoisotopic (exact) mass is 146 g/mol. The van der Waals surface area contributed by atoms with Gasteiger partial charge in [-0.2, -0.15) is 0 Å². The number of ketones is 1. The first-order valence-corrected chi connectivity index (χ1v) is 3.37. The maximum absolute atomic E-state index is 10.9. The maximum Gasteiger partial charge on any atom is 0.161 e. The highest BCUT2D eigenvalue weighted by atomic mass is 16.1. The second kappa shape index (κ2) is 2.27. The molecule has 0 aliphatic heterocycles. The Balaban J connectivity index is 2.54. The van der Waals surface area contributed by atoms with Gasteiger partial charge in [-0.15, -0.1) is 0 Å². The summed E-state index contributed by atoms with van der Waals surface area (Å²) in [5.74, 6) is 0.0954. The zero-order valence-corrected chi connectivity index (χ0v) is 5.82. The van der Waals surface area contributed by atoms with Crippen LogP contribution in [0.3, 0.4) is 0 Å².